The summed E-state index contributed by atoms with van der Waals surface area (Å²) >= 11 is 5.99. The molecule has 1 aromatic heterocycles. The molecule has 8 nitrogen and oxygen atoms in total. The number of hydrogen-bond donors (Lipinski definition) is 2. The monoisotopic (exact) mass is 412 g/mol. The fraction of sp³-hybridized carbons (Fsp3) is 0.294. The first kappa shape index (κ1) is 19.4. The Hall–Kier alpha value is -2.36. The summed E-state index contributed by atoms with van der Waals surface area (Å²) in [4.78, 5) is 23.7. The minimum absolute atomic E-state index is 0.0858. The highest BCUT2D eigenvalue weighted by Crippen LogP contribution is 2.23. The van der Waals surface area contributed by atoms with Gasteiger partial charge in [-0.2, -0.15) is 0 Å². The van der Waals surface area contributed by atoms with Crippen LogP contribution in [0.15, 0.2) is 45.9 Å². The Balaban J connectivity index is 1.49. The highest BCUT2D eigenvalue weighted by Gasteiger charge is 2.30. The van der Waals surface area contributed by atoms with Crippen molar-refractivity contribution in [3.05, 3.63) is 52.7 Å². The van der Waals surface area contributed by atoms with E-state index in [1.165, 1.54) is 12.1 Å². The van der Waals surface area contributed by atoms with E-state index in [9.17, 15) is 18.0 Å². The van der Waals surface area contributed by atoms with E-state index in [2.05, 4.69) is 10.0 Å². The van der Waals surface area contributed by atoms with Crippen molar-refractivity contribution in [1.29, 1.82) is 0 Å². The summed E-state index contributed by atoms with van der Waals surface area (Å²) in [7, 11) is -3.80. The first-order valence-corrected chi connectivity index (χ1v) is 10.0. The van der Waals surface area contributed by atoms with E-state index in [1.54, 1.807) is 24.3 Å². The molecular weight excluding hydrogens is 396 g/mol. The average molecular weight is 413 g/mol. The number of benzene rings is 1. The number of amides is 1. The smallest absolute Gasteiger partial charge is 0.374 e. The van der Waals surface area contributed by atoms with Crippen molar-refractivity contribution in [2.45, 2.75) is 30.5 Å². The number of esters is 1. The van der Waals surface area contributed by atoms with Crippen LogP contribution in [0.4, 0.5) is 0 Å². The first-order chi connectivity index (χ1) is 12.8. The molecule has 0 aliphatic heterocycles. The summed E-state index contributed by atoms with van der Waals surface area (Å²) < 4.78 is 36.3. The van der Waals surface area contributed by atoms with Gasteiger partial charge in [-0.05, 0) is 36.6 Å². The van der Waals surface area contributed by atoms with Crippen LogP contribution < -0.4 is 10.0 Å². The number of furan rings is 1. The second kappa shape index (κ2) is 8.12. The van der Waals surface area contributed by atoms with Gasteiger partial charge in [0.05, 0.1) is 0 Å². The molecule has 2 N–H and O–H groups in total. The zero-order chi connectivity index (χ0) is 19.4. The lowest BCUT2D eigenvalue weighted by Gasteiger charge is -2.07. The molecule has 144 valence electrons. The number of nitrogens with one attached hydrogen (secondary N) is 2. The van der Waals surface area contributed by atoms with E-state index >= 15 is 0 Å². The molecule has 1 aliphatic rings. The maximum atomic E-state index is 12.0. The molecule has 1 saturated carbocycles. The lowest BCUT2D eigenvalue weighted by Crippen LogP contribution is -2.28. The molecule has 1 heterocycles. The number of carbonyl (C=O) groups is 2. The summed E-state index contributed by atoms with van der Waals surface area (Å²) in [5, 5.41) is 2.71. The van der Waals surface area contributed by atoms with Crippen molar-refractivity contribution in [3.8, 4) is 0 Å². The molecule has 0 atom stereocenters. The molecule has 2 aromatic rings. The number of halogens is 1. The summed E-state index contributed by atoms with van der Waals surface area (Å²) in [6.45, 7) is -0.349. The van der Waals surface area contributed by atoms with Crippen molar-refractivity contribution in [2.24, 2.45) is 0 Å². The number of ether oxygens (including phenoxy) is 1. The Morgan fingerprint density at radius 3 is 2.63 bits per heavy atom. The Morgan fingerprint density at radius 1 is 1.19 bits per heavy atom. The SMILES string of the molecule is O=C(COC(=O)c1ccc(S(=O)(=O)NC2CC2)o1)NCc1ccccc1Cl. The Labute approximate surface area is 160 Å². The van der Waals surface area contributed by atoms with Gasteiger partial charge >= 0.3 is 5.97 Å². The van der Waals surface area contributed by atoms with E-state index in [0.717, 1.165) is 18.4 Å². The summed E-state index contributed by atoms with van der Waals surface area (Å²) in [6.07, 6.45) is 1.55. The van der Waals surface area contributed by atoms with Crippen molar-refractivity contribution in [1.82, 2.24) is 10.0 Å². The molecule has 1 aliphatic carbocycles. The normalized spacial score (nSPS) is 14.0. The second-order valence-electron chi connectivity index (χ2n) is 5.96. The van der Waals surface area contributed by atoms with Gasteiger partial charge < -0.3 is 14.5 Å². The number of hydrogen-bond acceptors (Lipinski definition) is 6. The molecule has 1 aromatic carbocycles. The molecule has 0 saturated heterocycles. The Morgan fingerprint density at radius 2 is 1.93 bits per heavy atom. The minimum atomic E-state index is -3.80. The van der Waals surface area contributed by atoms with Gasteiger partial charge in [-0.25, -0.2) is 17.9 Å². The van der Waals surface area contributed by atoms with Crippen LogP contribution >= 0.6 is 11.6 Å². The molecule has 3 rings (SSSR count). The van der Waals surface area contributed by atoms with Crippen LogP contribution in [0.2, 0.25) is 5.02 Å². The molecule has 0 radical (unpaired) electrons. The fourth-order valence-electron chi connectivity index (χ4n) is 2.14. The quantitative estimate of drug-likeness (QED) is 0.639. The number of sulfonamides is 1. The predicted octanol–water partition coefficient (Wildman–Crippen LogP) is 1.85. The topological polar surface area (TPSA) is 115 Å². The van der Waals surface area contributed by atoms with Crippen LogP contribution in [0.25, 0.3) is 0 Å². The van der Waals surface area contributed by atoms with Crippen LogP contribution in [0.3, 0.4) is 0 Å². The summed E-state index contributed by atoms with van der Waals surface area (Å²) in [5.74, 6) is -1.76. The first-order valence-electron chi connectivity index (χ1n) is 8.14. The maximum absolute atomic E-state index is 12.0. The molecule has 27 heavy (non-hydrogen) atoms. The standard InChI is InChI=1S/C17H17ClN2O6S/c18-13-4-2-1-3-11(13)9-19-15(21)10-25-17(22)14-7-8-16(26-14)27(23,24)20-12-5-6-12/h1-4,7-8,12,20H,5-6,9-10H2,(H,19,21). The van der Waals surface area contributed by atoms with E-state index in [0.29, 0.717) is 5.02 Å². The number of carbonyl (C=O) groups excluding carboxylic acids is 2. The summed E-state index contributed by atoms with van der Waals surface area (Å²) in [6, 6.07) is 9.28. The molecule has 1 fully saturated rings. The zero-order valence-electron chi connectivity index (χ0n) is 14.1. The highest BCUT2D eigenvalue weighted by molar-refractivity contribution is 7.89. The Bertz CT molecular complexity index is 952. The van der Waals surface area contributed by atoms with Crippen LogP contribution in [-0.4, -0.2) is 32.9 Å². The lowest BCUT2D eigenvalue weighted by molar-refractivity contribution is -0.124. The lowest BCUT2D eigenvalue weighted by atomic mass is 10.2. The predicted molar refractivity (Wildman–Crippen MR) is 95.6 cm³/mol. The van der Waals surface area contributed by atoms with Crippen LogP contribution in [0, 0.1) is 0 Å². The van der Waals surface area contributed by atoms with E-state index in [1.807, 2.05) is 0 Å². The largest absolute Gasteiger partial charge is 0.450 e. The van der Waals surface area contributed by atoms with Crippen LogP contribution in [-0.2, 0) is 26.1 Å². The van der Waals surface area contributed by atoms with E-state index in [4.69, 9.17) is 20.8 Å². The molecule has 10 heteroatoms. The van der Waals surface area contributed by atoms with Gasteiger partial charge in [0.25, 0.3) is 15.9 Å². The van der Waals surface area contributed by atoms with E-state index < -0.39 is 28.5 Å². The molecule has 1 amide bonds. The van der Waals surface area contributed by atoms with Crippen molar-refractivity contribution >= 4 is 33.5 Å². The van der Waals surface area contributed by atoms with Gasteiger partial charge in [-0.15, -0.1) is 0 Å². The van der Waals surface area contributed by atoms with Crippen molar-refractivity contribution < 1.29 is 27.2 Å². The highest BCUT2D eigenvalue weighted by atomic mass is 35.5. The zero-order valence-corrected chi connectivity index (χ0v) is 15.7. The average Bonchev–Trinajstić information content (AvgIpc) is 3.28. The van der Waals surface area contributed by atoms with Crippen LogP contribution in [0.5, 0.6) is 0 Å². The minimum Gasteiger partial charge on any atom is -0.450 e. The van der Waals surface area contributed by atoms with Gasteiger partial charge in [0.2, 0.25) is 10.9 Å². The third-order valence-corrected chi connectivity index (χ3v) is 5.48. The third-order valence-electron chi connectivity index (χ3n) is 3.71. The van der Waals surface area contributed by atoms with Crippen molar-refractivity contribution in [2.75, 3.05) is 6.61 Å². The van der Waals surface area contributed by atoms with Crippen LogP contribution in [0.1, 0.15) is 29.0 Å². The maximum Gasteiger partial charge on any atom is 0.374 e. The molecule has 0 bridgehead atoms. The van der Waals surface area contributed by atoms with E-state index in [-0.39, 0.29) is 23.4 Å². The third kappa shape index (κ3) is 5.31. The van der Waals surface area contributed by atoms with Gasteiger partial charge in [0.1, 0.15) is 0 Å². The fourth-order valence-corrected chi connectivity index (χ4v) is 3.58. The van der Waals surface area contributed by atoms with Crippen molar-refractivity contribution in [3.63, 3.8) is 0 Å². The van der Waals surface area contributed by atoms with Gasteiger partial charge in [-0.3, -0.25) is 4.79 Å². The second-order valence-corrected chi connectivity index (χ2v) is 8.01. The molecule has 0 spiro atoms. The van der Waals surface area contributed by atoms with Gasteiger partial charge in [0.15, 0.2) is 6.61 Å². The summed E-state index contributed by atoms with van der Waals surface area (Å²) in [5.41, 5.74) is 0.725. The Kier molecular flexibility index (Phi) is 5.83. The van der Waals surface area contributed by atoms with Gasteiger partial charge in [-0.1, -0.05) is 29.8 Å². The number of rotatable bonds is 8. The van der Waals surface area contributed by atoms with Gasteiger partial charge in [0, 0.05) is 17.6 Å². The molecule has 0 unspecified atom stereocenters. The molecular formula is C17H17ClN2O6S.